The van der Waals surface area contributed by atoms with Crippen molar-refractivity contribution in [1.82, 2.24) is 15.6 Å². The zero-order chi connectivity index (χ0) is 13.9. The number of H-pyrrole nitrogens is 1. The van der Waals surface area contributed by atoms with E-state index in [9.17, 15) is 4.79 Å². The van der Waals surface area contributed by atoms with Crippen LogP contribution >= 0.6 is 11.6 Å². The number of carbonyl (C=O) groups excluding carboxylic acids is 1. The molecular formula is C15H18ClN3O. The normalized spacial score (nSPS) is 16.4. The summed E-state index contributed by atoms with van der Waals surface area (Å²) in [5.41, 5.74) is 1.53. The zero-order valence-electron chi connectivity index (χ0n) is 11.2. The first kappa shape index (κ1) is 13.5. The first-order valence-electron chi connectivity index (χ1n) is 6.99. The molecule has 1 fully saturated rings. The molecule has 0 saturated carbocycles. The summed E-state index contributed by atoms with van der Waals surface area (Å²) >= 11 is 5.95. The molecule has 1 aliphatic rings. The van der Waals surface area contributed by atoms with Crippen LogP contribution in [0.4, 0.5) is 0 Å². The van der Waals surface area contributed by atoms with E-state index >= 15 is 0 Å². The van der Waals surface area contributed by atoms with Crippen LogP contribution in [0.2, 0.25) is 5.02 Å². The predicted octanol–water partition coefficient (Wildman–Crippen LogP) is 2.55. The maximum Gasteiger partial charge on any atom is 0.267 e. The molecule has 1 saturated heterocycles. The lowest BCUT2D eigenvalue weighted by Crippen LogP contribution is -2.36. The van der Waals surface area contributed by atoms with Gasteiger partial charge in [0.05, 0.1) is 0 Å². The van der Waals surface area contributed by atoms with Gasteiger partial charge in [-0.05, 0) is 56.1 Å². The van der Waals surface area contributed by atoms with Gasteiger partial charge in [-0.25, -0.2) is 0 Å². The number of rotatable bonds is 3. The van der Waals surface area contributed by atoms with Crippen molar-refractivity contribution in [2.45, 2.75) is 12.8 Å². The van der Waals surface area contributed by atoms with Gasteiger partial charge in [-0.3, -0.25) is 4.79 Å². The van der Waals surface area contributed by atoms with Gasteiger partial charge in [0.1, 0.15) is 5.69 Å². The fraction of sp³-hybridized carbons (Fsp3) is 0.400. The van der Waals surface area contributed by atoms with Crippen molar-refractivity contribution in [3.05, 3.63) is 35.0 Å². The van der Waals surface area contributed by atoms with Crippen LogP contribution in [0.3, 0.4) is 0 Å². The van der Waals surface area contributed by atoms with E-state index in [0.29, 0.717) is 16.6 Å². The molecule has 4 nitrogen and oxygen atoms in total. The Kier molecular flexibility index (Phi) is 3.94. The van der Waals surface area contributed by atoms with Crippen LogP contribution in [-0.4, -0.2) is 30.5 Å². The van der Waals surface area contributed by atoms with Gasteiger partial charge >= 0.3 is 0 Å². The van der Waals surface area contributed by atoms with Crippen molar-refractivity contribution >= 4 is 28.4 Å². The number of halogens is 1. The van der Waals surface area contributed by atoms with Gasteiger partial charge < -0.3 is 15.6 Å². The van der Waals surface area contributed by atoms with Crippen LogP contribution in [0.5, 0.6) is 0 Å². The topological polar surface area (TPSA) is 56.9 Å². The van der Waals surface area contributed by atoms with E-state index in [1.165, 1.54) is 0 Å². The van der Waals surface area contributed by atoms with E-state index in [1.54, 1.807) is 0 Å². The highest BCUT2D eigenvalue weighted by molar-refractivity contribution is 6.31. The molecule has 20 heavy (non-hydrogen) atoms. The van der Waals surface area contributed by atoms with Gasteiger partial charge in [0, 0.05) is 22.5 Å². The smallest absolute Gasteiger partial charge is 0.267 e. The summed E-state index contributed by atoms with van der Waals surface area (Å²) < 4.78 is 0. The van der Waals surface area contributed by atoms with Crippen molar-refractivity contribution in [2.75, 3.05) is 19.6 Å². The predicted molar refractivity (Wildman–Crippen MR) is 81.2 cm³/mol. The molecule has 0 bridgehead atoms. The summed E-state index contributed by atoms with van der Waals surface area (Å²) in [6, 6.07) is 7.41. The molecular weight excluding hydrogens is 274 g/mol. The molecule has 1 aromatic carbocycles. The minimum atomic E-state index is -0.0455. The van der Waals surface area contributed by atoms with Crippen molar-refractivity contribution in [3.63, 3.8) is 0 Å². The quantitative estimate of drug-likeness (QED) is 0.814. The Morgan fingerprint density at radius 2 is 2.10 bits per heavy atom. The summed E-state index contributed by atoms with van der Waals surface area (Å²) in [5.74, 6) is 0.537. The van der Waals surface area contributed by atoms with E-state index in [-0.39, 0.29) is 5.91 Å². The molecule has 0 spiro atoms. The van der Waals surface area contributed by atoms with Gasteiger partial charge in [-0.15, -0.1) is 0 Å². The first-order chi connectivity index (χ1) is 9.72. The lowest BCUT2D eigenvalue weighted by molar-refractivity contribution is 0.0940. The number of nitrogens with one attached hydrogen (secondary N) is 3. The summed E-state index contributed by atoms with van der Waals surface area (Å²) in [7, 11) is 0. The number of benzene rings is 1. The molecule has 1 aromatic heterocycles. The van der Waals surface area contributed by atoms with E-state index in [0.717, 1.165) is 43.4 Å². The van der Waals surface area contributed by atoms with Crippen LogP contribution in [0.1, 0.15) is 23.3 Å². The molecule has 1 amide bonds. The summed E-state index contributed by atoms with van der Waals surface area (Å²) in [6.07, 6.45) is 2.26. The summed E-state index contributed by atoms with van der Waals surface area (Å²) in [6.45, 7) is 2.84. The molecule has 2 heterocycles. The lowest BCUT2D eigenvalue weighted by atomic mass is 9.98. The third-order valence-corrected chi connectivity index (χ3v) is 4.07. The highest BCUT2D eigenvalue weighted by Crippen LogP contribution is 2.20. The second kappa shape index (κ2) is 5.85. The minimum absolute atomic E-state index is 0.0455. The molecule has 0 atom stereocenters. The lowest BCUT2D eigenvalue weighted by Gasteiger charge is -2.22. The van der Waals surface area contributed by atoms with Gasteiger partial charge in [-0.1, -0.05) is 11.6 Å². The number of carbonyl (C=O) groups is 1. The first-order valence-corrected chi connectivity index (χ1v) is 7.37. The average molecular weight is 292 g/mol. The average Bonchev–Trinajstić information content (AvgIpc) is 2.89. The Morgan fingerprint density at radius 3 is 2.90 bits per heavy atom. The SMILES string of the molecule is O=C(NCC1CCNCC1)c1cc2cc(Cl)ccc2[nH]1. The Labute approximate surface area is 122 Å². The minimum Gasteiger partial charge on any atom is -0.351 e. The molecule has 3 N–H and O–H groups in total. The second-order valence-corrected chi connectivity index (χ2v) is 5.75. The maximum absolute atomic E-state index is 12.2. The number of amides is 1. The number of hydrogen-bond donors (Lipinski definition) is 3. The fourth-order valence-electron chi connectivity index (χ4n) is 2.64. The molecule has 0 radical (unpaired) electrons. The van der Waals surface area contributed by atoms with Gasteiger partial charge in [-0.2, -0.15) is 0 Å². The van der Waals surface area contributed by atoms with E-state index in [1.807, 2.05) is 24.3 Å². The van der Waals surface area contributed by atoms with E-state index < -0.39 is 0 Å². The number of aromatic amines is 1. The van der Waals surface area contributed by atoms with Crippen LogP contribution < -0.4 is 10.6 Å². The Morgan fingerprint density at radius 1 is 1.30 bits per heavy atom. The molecule has 0 aliphatic carbocycles. The largest absolute Gasteiger partial charge is 0.351 e. The van der Waals surface area contributed by atoms with Gasteiger partial charge in [0.15, 0.2) is 0 Å². The van der Waals surface area contributed by atoms with Crippen molar-refractivity contribution in [3.8, 4) is 0 Å². The molecule has 106 valence electrons. The van der Waals surface area contributed by atoms with Crippen molar-refractivity contribution in [1.29, 1.82) is 0 Å². The third kappa shape index (κ3) is 2.97. The molecule has 2 aromatic rings. The molecule has 0 unspecified atom stereocenters. The third-order valence-electron chi connectivity index (χ3n) is 3.84. The number of aromatic nitrogens is 1. The number of piperidine rings is 1. The number of hydrogen-bond acceptors (Lipinski definition) is 2. The molecule has 1 aliphatic heterocycles. The maximum atomic E-state index is 12.2. The summed E-state index contributed by atoms with van der Waals surface area (Å²) in [5, 5.41) is 7.98. The highest BCUT2D eigenvalue weighted by atomic mass is 35.5. The Hall–Kier alpha value is -1.52. The second-order valence-electron chi connectivity index (χ2n) is 5.32. The zero-order valence-corrected chi connectivity index (χ0v) is 12.0. The van der Waals surface area contributed by atoms with Gasteiger partial charge in [0.25, 0.3) is 5.91 Å². The van der Waals surface area contributed by atoms with E-state index in [2.05, 4.69) is 15.6 Å². The monoisotopic (exact) mass is 291 g/mol. The number of fused-ring (bicyclic) bond motifs is 1. The fourth-order valence-corrected chi connectivity index (χ4v) is 2.82. The highest BCUT2D eigenvalue weighted by Gasteiger charge is 2.15. The van der Waals surface area contributed by atoms with Crippen LogP contribution in [0, 0.1) is 5.92 Å². The van der Waals surface area contributed by atoms with Crippen LogP contribution in [0.15, 0.2) is 24.3 Å². The Bertz CT molecular complexity index is 617. The van der Waals surface area contributed by atoms with Crippen LogP contribution in [-0.2, 0) is 0 Å². The van der Waals surface area contributed by atoms with Crippen LogP contribution in [0.25, 0.3) is 10.9 Å². The van der Waals surface area contributed by atoms with E-state index in [4.69, 9.17) is 11.6 Å². The van der Waals surface area contributed by atoms with Gasteiger partial charge in [0.2, 0.25) is 0 Å². The molecule has 5 heteroatoms. The standard InChI is InChI=1S/C15H18ClN3O/c16-12-1-2-13-11(7-12)8-14(19-13)15(20)18-9-10-3-5-17-6-4-10/h1-2,7-8,10,17,19H,3-6,9H2,(H,18,20). The summed E-state index contributed by atoms with van der Waals surface area (Å²) in [4.78, 5) is 15.3. The molecule has 3 rings (SSSR count). The van der Waals surface area contributed by atoms with Crippen molar-refractivity contribution < 1.29 is 4.79 Å². The Balaban J connectivity index is 1.65. The van der Waals surface area contributed by atoms with Crippen molar-refractivity contribution in [2.24, 2.45) is 5.92 Å².